The Bertz CT molecular complexity index is 272. The van der Waals surface area contributed by atoms with Crippen molar-refractivity contribution in [3.8, 4) is 0 Å². The first-order valence-electron chi connectivity index (χ1n) is 3.36. The summed E-state index contributed by atoms with van der Waals surface area (Å²) in [5, 5.41) is 15.2. The number of ether oxygens (including phenoxy) is 1. The Morgan fingerprint density at radius 1 is 1.53 bits per heavy atom. The number of phosphoric acid groups is 1. The topological polar surface area (TPSA) is 177 Å². The van der Waals surface area contributed by atoms with Gasteiger partial charge in [-0.3, -0.25) is 10.3 Å². The monoisotopic (exact) mass is 243 g/mol. The van der Waals surface area contributed by atoms with E-state index in [2.05, 4.69) is 4.74 Å². The van der Waals surface area contributed by atoms with E-state index in [4.69, 9.17) is 35.5 Å². The number of nitrogens with two attached hydrogens (primary N) is 1. The second-order valence-corrected chi connectivity index (χ2v) is 3.38. The molecule has 1 unspecified atom stereocenters. The van der Waals surface area contributed by atoms with Gasteiger partial charge in [0.2, 0.25) is 6.23 Å². The summed E-state index contributed by atoms with van der Waals surface area (Å²) in [6.07, 6.45) is -1.06. The van der Waals surface area contributed by atoms with Gasteiger partial charge in [0.1, 0.15) is 6.73 Å². The first kappa shape index (κ1) is 13.8. The van der Waals surface area contributed by atoms with Gasteiger partial charge in [-0.15, -0.1) is 0 Å². The van der Waals surface area contributed by atoms with Crippen molar-refractivity contribution >= 4 is 19.8 Å². The molecule has 0 aromatic rings. The molecule has 15 heavy (non-hydrogen) atoms. The summed E-state index contributed by atoms with van der Waals surface area (Å²) in [6, 6.07) is 0. The van der Waals surface area contributed by atoms with Crippen LogP contribution in [0.4, 0.5) is 0 Å². The fourth-order valence-corrected chi connectivity index (χ4v) is 0.624. The van der Waals surface area contributed by atoms with Gasteiger partial charge in [-0.25, -0.2) is 9.36 Å². The Balaban J connectivity index is 0.000000336. The van der Waals surface area contributed by atoms with Gasteiger partial charge in [0, 0.05) is 0 Å². The lowest BCUT2D eigenvalue weighted by Gasteiger charge is -2.37. The van der Waals surface area contributed by atoms with Crippen LogP contribution in [-0.4, -0.2) is 49.6 Å². The van der Waals surface area contributed by atoms with Crippen LogP contribution < -0.4 is 5.73 Å². The molecule has 1 saturated heterocycles. The van der Waals surface area contributed by atoms with Crippen molar-refractivity contribution in [2.45, 2.75) is 6.23 Å². The summed E-state index contributed by atoms with van der Waals surface area (Å²) >= 11 is 0. The Hall–Kier alpha value is -1.19. The van der Waals surface area contributed by atoms with E-state index < -0.39 is 20.0 Å². The fraction of sp³-hybridized carbons (Fsp3) is 0.500. The molecular weight excluding hydrogens is 233 g/mol. The SMILES string of the molecule is N=C(N)N1COC1C(=O)O.O=P(O)(O)O. The van der Waals surface area contributed by atoms with E-state index >= 15 is 0 Å². The average Bonchev–Trinajstić information content (AvgIpc) is 1.74. The quantitative estimate of drug-likeness (QED) is 0.167. The second kappa shape index (κ2) is 5.05. The molecule has 0 aromatic heterocycles. The molecule has 0 saturated carbocycles. The van der Waals surface area contributed by atoms with Crippen LogP contribution in [0.5, 0.6) is 0 Å². The summed E-state index contributed by atoms with van der Waals surface area (Å²) in [5.41, 5.74) is 4.99. The molecule has 0 bridgehead atoms. The Morgan fingerprint density at radius 2 is 1.93 bits per heavy atom. The van der Waals surface area contributed by atoms with E-state index in [1.165, 1.54) is 0 Å². The van der Waals surface area contributed by atoms with Gasteiger partial charge in [0.05, 0.1) is 0 Å². The number of guanidine groups is 1. The van der Waals surface area contributed by atoms with E-state index in [0.717, 1.165) is 4.90 Å². The highest BCUT2D eigenvalue weighted by atomic mass is 31.2. The van der Waals surface area contributed by atoms with Crippen molar-refractivity contribution in [2.75, 3.05) is 6.73 Å². The van der Waals surface area contributed by atoms with Crippen molar-refractivity contribution < 1.29 is 33.9 Å². The highest BCUT2D eigenvalue weighted by Crippen LogP contribution is 2.25. The maximum atomic E-state index is 10.2. The zero-order valence-corrected chi connectivity index (χ0v) is 8.16. The van der Waals surface area contributed by atoms with Crippen LogP contribution in [0.2, 0.25) is 0 Å². The standard InChI is InChI=1S/C4H7N3O3.H3O4P/c5-4(6)7-1-10-2(7)3(8)9;1-5(2,3)4/h2H,1H2,(H3,5,6)(H,8,9);(H3,1,2,3,4). The summed E-state index contributed by atoms with van der Waals surface area (Å²) in [5.74, 6) is -1.40. The minimum absolute atomic E-state index is 0.0896. The summed E-state index contributed by atoms with van der Waals surface area (Å²) in [6.45, 7) is 0.0896. The molecule has 1 aliphatic rings. The molecule has 88 valence electrons. The number of carboxylic acid groups (broad SMARTS) is 1. The molecule has 0 radical (unpaired) electrons. The molecular formula is C4H10N3O7P. The highest BCUT2D eigenvalue weighted by Gasteiger charge is 2.36. The summed E-state index contributed by atoms with van der Waals surface area (Å²) in [7, 11) is -4.64. The maximum Gasteiger partial charge on any atom is 0.466 e. The lowest BCUT2D eigenvalue weighted by Crippen LogP contribution is -2.59. The molecule has 1 rings (SSSR count). The molecule has 1 aliphatic heterocycles. The molecule has 1 atom stereocenters. The molecule has 0 aliphatic carbocycles. The average molecular weight is 243 g/mol. The summed E-state index contributed by atoms with van der Waals surface area (Å²) in [4.78, 5) is 32.9. The van der Waals surface area contributed by atoms with Crippen LogP contribution in [0, 0.1) is 5.41 Å². The number of nitrogens with one attached hydrogen (secondary N) is 1. The summed E-state index contributed by atoms with van der Waals surface area (Å²) < 4.78 is 13.5. The lowest BCUT2D eigenvalue weighted by molar-refractivity contribution is -0.206. The van der Waals surface area contributed by atoms with E-state index in [1.54, 1.807) is 0 Å². The third-order valence-electron chi connectivity index (χ3n) is 1.18. The zero-order chi connectivity index (χ0) is 12.2. The molecule has 7 N–H and O–H groups in total. The van der Waals surface area contributed by atoms with Crippen LogP contribution in [0.3, 0.4) is 0 Å². The molecule has 0 aromatic carbocycles. The van der Waals surface area contributed by atoms with Gasteiger partial charge >= 0.3 is 13.8 Å². The molecule has 0 spiro atoms. The first-order chi connectivity index (χ1) is 6.63. The molecule has 10 nitrogen and oxygen atoms in total. The lowest BCUT2D eigenvalue weighted by atomic mass is 10.4. The minimum atomic E-state index is -4.64. The Morgan fingerprint density at radius 3 is 2.00 bits per heavy atom. The van der Waals surface area contributed by atoms with Crippen molar-refractivity contribution in [2.24, 2.45) is 5.73 Å². The number of carboxylic acids is 1. The van der Waals surface area contributed by atoms with E-state index in [0.29, 0.717) is 0 Å². The number of aliphatic carboxylic acids is 1. The fourth-order valence-electron chi connectivity index (χ4n) is 0.624. The van der Waals surface area contributed by atoms with Crippen molar-refractivity contribution in [3.05, 3.63) is 0 Å². The van der Waals surface area contributed by atoms with E-state index in [-0.39, 0.29) is 12.7 Å². The van der Waals surface area contributed by atoms with Gasteiger partial charge < -0.3 is 30.3 Å². The van der Waals surface area contributed by atoms with Crippen molar-refractivity contribution in [3.63, 3.8) is 0 Å². The highest BCUT2D eigenvalue weighted by molar-refractivity contribution is 7.45. The number of rotatable bonds is 1. The third kappa shape index (κ3) is 5.99. The maximum absolute atomic E-state index is 10.2. The second-order valence-electron chi connectivity index (χ2n) is 2.35. The van der Waals surface area contributed by atoms with Crippen LogP contribution in [0.25, 0.3) is 0 Å². The van der Waals surface area contributed by atoms with Crippen LogP contribution in [0.1, 0.15) is 0 Å². The minimum Gasteiger partial charge on any atom is -0.478 e. The molecule has 11 heteroatoms. The predicted octanol–water partition coefficient (Wildman–Crippen LogP) is -2.35. The van der Waals surface area contributed by atoms with Crippen LogP contribution in [-0.2, 0) is 14.1 Å². The molecule has 0 amide bonds. The number of carbonyl (C=O) groups is 1. The van der Waals surface area contributed by atoms with Gasteiger partial charge in [-0.2, -0.15) is 0 Å². The number of nitrogens with zero attached hydrogens (tertiary/aromatic N) is 1. The number of hydrogen-bond donors (Lipinski definition) is 6. The third-order valence-corrected chi connectivity index (χ3v) is 1.18. The number of hydrogen-bond acceptors (Lipinski definition) is 4. The van der Waals surface area contributed by atoms with Crippen molar-refractivity contribution in [1.29, 1.82) is 5.41 Å². The predicted molar refractivity (Wildman–Crippen MR) is 45.4 cm³/mol. The normalized spacial score (nSPS) is 19.7. The van der Waals surface area contributed by atoms with E-state index in [1.807, 2.05) is 0 Å². The van der Waals surface area contributed by atoms with Gasteiger partial charge in [-0.05, 0) is 0 Å². The van der Waals surface area contributed by atoms with Crippen molar-refractivity contribution in [1.82, 2.24) is 4.90 Å². The first-order valence-corrected chi connectivity index (χ1v) is 4.93. The van der Waals surface area contributed by atoms with E-state index in [9.17, 15) is 4.79 Å². The Labute approximate surface area is 83.6 Å². The largest absolute Gasteiger partial charge is 0.478 e. The van der Waals surface area contributed by atoms with Gasteiger partial charge in [-0.1, -0.05) is 0 Å². The Kier molecular flexibility index (Phi) is 4.65. The zero-order valence-electron chi connectivity index (χ0n) is 7.27. The molecule has 1 fully saturated rings. The van der Waals surface area contributed by atoms with Crippen LogP contribution >= 0.6 is 7.82 Å². The molecule has 1 heterocycles. The van der Waals surface area contributed by atoms with Gasteiger partial charge in [0.25, 0.3) is 0 Å². The smallest absolute Gasteiger partial charge is 0.466 e. The van der Waals surface area contributed by atoms with Gasteiger partial charge in [0.15, 0.2) is 5.96 Å². The van der Waals surface area contributed by atoms with Crippen LogP contribution in [0.15, 0.2) is 0 Å².